The molecule has 0 spiro atoms. The molecule has 2 heterocycles. The summed E-state index contributed by atoms with van der Waals surface area (Å²) >= 11 is 0. The highest BCUT2D eigenvalue weighted by atomic mass is 16.6. The fourth-order valence-corrected chi connectivity index (χ4v) is 3.53. The van der Waals surface area contributed by atoms with Gasteiger partial charge in [0.25, 0.3) is 5.79 Å². The van der Waals surface area contributed by atoms with Crippen LogP contribution in [0.2, 0.25) is 0 Å². The van der Waals surface area contributed by atoms with E-state index in [0.717, 1.165) is 11.1 Å². The Morgan fingerprint density at radius 2 is 1.35 bits per heavy atom. The van der Waals surface area contributed by atoms with Crippen LogP contribution in [0.1, 0.15) is 48.7 Å². The van der Waals surface area contributed by atoms with Crippen LogP contribution in [0.3, 0.4) is 0 Å². The first-order valence-electron chi connectivity index (χ1n) is 9.94. The Kier molecular flexibility index (Phi) is 5.83. The van der Waals surface area contributed by atoms with Crippen molar-refractivity contribution in [2.24, 2.45) is 0 Å². The molecule has 10 heteroatoms. The summed E-state index contributed by atoms with van der Waals surface area (Å²) in [6, 6.07) is 19.1. The van der Waals surface area contributed by atoms with Gasteiger partial charge in [-0.2, -0.15) is 5.11 Å². The quantitative estimate of drug-likeness (QED) is 0.402. The lowest BCUT2D eigenvalue weighted by atomic mass is 10.1. The predicted molar refractivity (Wildman–Crippen MR) is 109 cm³/mol. The summed E-state index contributed by atoms with van der Waals surface area (Å²) < 4.78 is 8.50. The molecule has 0 bridgehead atoms. The average Bonchev–Trinajstić information content (AvgIpc) is 3.49. The molecule has 0 aliphatic heterocycles. The van der Waals surface area contributed by atoms with Crippen LogP contribution >= 0.6 is 0 Å². The Balaban J connectivity index is 1.65. The number of benzene rings is 2. The summed E-state index contributed by atoms with van der Waals surface area (Å²) in [5, 5.41) is 37.5. The molecule has 0 aliphatic carbocycles. The Bertz CT molecular complexity index is 1110. The van der Waals surface area contributed by atoms with Crippen LogP contribution in [0.5, 0.6) is 0 Å². The second kappa shape index (κ2) is 8.70. The molecule has 159 valence electrons. The fourth-order valence-electron chi connectivity index (χ4n) is 3.53. The van der Waals surface area contributed by atoms with Crippen LogP contribution < -0.4 is 0 Å². The number of rotatable bonds is 8. The van der Waals surface area contributed by atoms with Crippen LogP contribution in [0.25, 0.3) is 0 Å². The maximum atomic E-state index is 13.8. The van der Waals surface area contributed by atoms with Crippen molar-refractivity contribution in [1.29, 1.82) is 0 Å². The standard InChI is InChI=1S/C21H23N8O2/c1-15(17-10-6-4-7-11-17)28-19(22-24-26-28)14-21(30,31-3)20-23-25-27-29(20)16(2)18-12-8-5-9-13-18/h4-13,15-16H,14H2,1-3H3. The molecule has 0 N–H and O–H groups in total. The average molecular weight is 419 g/mol. The van der Waals surface area contributed by atoms with Gasteiger partial charge in [-0.05, 0) is 45.8 Å². The number of hydrogen-bond donors (Lipinski definition) is 0. The van der Waals surface area contributed by atoms with Gasteiger partial charge in [-0.3, -0.25) is 0 Å². The van der Waals surface area contributed by atoms with Crippen molar-refractivity contribution >= 4 is 0 Å². The molecule has 0 amide bonds. The highest BCUT2D eigenvalue weighted by molar-refractivity contribution is 5.21. The molecule has 0 saturated carbocycles. The first kappa shape index (κ1) is 20.8. The molecule has 2 aromatic heterocycles. The minimum atomic E-state index is -2.07. The van der Waals surface area contributed by atoms with Gasteiger partial charge >= 0.3 is 0 Å². The number of ether oxygens (including phenoxy) is 1. The highest BCUT2D eigenvalue weighted by Crippen LogP contribution is 2.29. The smallest absolute Gasteiger partial charge is 0.271 e. The first-order valence-corrected chi connectivity index (χ1v) is 9.94. The topological polar surface area (TPSA) is 116 Å². The zero-order valence-electron chi connectivity index (χ0n) is 17.5. The van der Waals surface area contributed by atoms with Crippen molar-refractivity contribution in [3.63, 3.8) is 0 Å². The molecule has 1 radical (unpaired) electrons. The van der Waals surface area contributed by atoms with Gasteiger partial charge in [0.2, 0.25) is 5.82 Å². The highest BCUT2D eigenvalue weighted by Gasteiger charge is 2.41. The third-order valence-electron chi connectivity index (χ3n) is 5.41. The predicted octanol–water partition coefficient (Wildman–Crippen LogP) is 2.35. The van der Waals surface area contributed by atoms with E-state index in [1.165, 1.54) is 11.8 Å². The lowest BCUT2D eigenvalue weighted by Gasteiger charge is -2.25. The molecule has 2 aromatic carbocycles. The molecule has 31 heavy (non-hydrogen) atoms. The second-order valence-corrected chi connectivity index (χ2v) is 7.29. The van der Waals surface area contributed by atoms with Crippen molar-refractivity contribution in [2.75, 3.05) is 7.11 Å². The van der Waals surface area contributed by atoms with Crippen molar-refractivity contribution < 1.29 is 9.84 Å². The van der Waals surface area contributed by atoms with Gasteiger partial charge in [0, 0.05) is 7.11 Å². The van der Waals surface area contributed by atoms with Gasteiger partial charge in [-0.1, -0.05) is 60.7 Å². The summed E-state index contributed by atoms with van der Waals surface area (Å²) in [6.45, 7) is 3.89. The van der Waals surface area contributed by atoms with E-state index in [-0.39, 0.29) is 24.3 Å². The van der Waals surface area contributed by atoms with E-state index in [9.17, 15) is 5.11 Å². The second-order valence-electron chi connectivity index (χ2n) is 7.29. The molecule has 0 saturated heterocycles. The number of nitrogens with zero attached hydrogens (tertiary/aromatic N) is 8. The van der Waals surface area contributed by atoms with E-state index < -0.39 is 5.79 Å². The zero-order valence-corrected chi connectivity index (χ0v) is 17.5. The van der Waals surface area contributed by atoms with E-state index in [1.807, 2.05) is 74.5 Å². The summed E-state index contributed by atoms with van der Waals surface area (Å²) in [6.07, 6.45) is -0.143. The normalized spacial score (nSPS) is 15.4. The van der Waals surface area contributed by atoms with E-state index in [4.69, 9.17) is 4.74 Å². The molecule has 3 atom stereocenters. The Labute approximate surface area is 179 Å². The van der Waals surface area contributed by atoms with Gasteiger partial charge in [0.1, 0.15) is 0 Å². The number of methoxy groups -OCH3 is 1. The number of aromatic nitrogens is 8. The molecule has 3 unspecified atom stereocenters. The summed E-state index contributed by atoms with van der Waals surface area (Å²) in [5.41, 5.74) is 1.99. The van der Waals surface area contributed by atoms with Crippen LogP contribution in [-0.4, -0.2) is 47.5 Å². The summed E-state index contributed by atoms with van der Waals surface area (Å²) in [5.74, 6) is -1.63. The van der Waals surface area contributed by atoms with Gasteiger partial charge in [-0.25, -0.2) is 9.36 Å². The summed E-state index contributed by atoms with van der Waals surface area (Å²) in [4.78, 5) is 0. The maximum absolute atomic E-state index is 13.8. The molecule has 10 nitrogen and oxygen atoms in total. The molecule has 0 fully saturated rings. The first-order chi connectivity index (χ1) is 15.0. The lowest BCUT2D eigenvalue weighted by Crippen LogP contribution is -2.35. The van der Waals surface area contributed by atoms with Crippen LogP contribution in [-0.2, 0) is 22.1 Å². The maximum Gasteiger partial charge on any atom is 0.271 e. The van der Waals surface area contributed by atoms with Crippen molar-refractivity contribution in [2.45, 2.75) is 38.1 Å². The van der Waals surface area contributed by atoms with Crippen molar-refractivity contribution in [1.82, 2.24) is 40.4 Å². The third kappa shape index (κ3) is 4.07. The van der Waals surface area contributed by atoms with Crippen LogP contribution in [0, 0.1) is 0 Å². The van der Waals surface area contributed by atoms with Gasteiger partial charge in [-0.15, -0.1) is 10.2 Å². The van der Waals surface area contributed by atoms with Gasteiger partial charge in [0.05, 0.1) is 18.5 Å². The van der Waals surface area contributed by atoms with Gasteiger partial charge < -0.3 is 4.74 Å². The monoisotopic (exact) mass is 419 g/mol. The van der Waals surface area contributed by atoms with E-state index >= 15 is 0 Å². The van der Waals surface area contributed by atoms with E-state index in [1.54, 1.807) is 4.68 Å². The Hall–Kier alpha value is -3.50. The fraction of sp³-hybridized carbons (Fsp3) is 0.333. The SMILES string of the molecule is COC([O])(Cc1nnnn1C(C)c1ccccc1)c1nnnn1C(C)c1ccccc1. The molecular weight excluding hydrogens is 396 g/mol. The van der Waals surface area contributed by atoms with Crippen molar-refractivity contribution in [3.8, 4) is 0 Å². The van der Waals surface area contributed by atoms with Crippen LogP contribution in [0.4, 0.5) is 0 Å². The Morgan fingerprint density at radius 3 is 1.94 bits per heavy atom. The third-order valence-corrected chi connectivity index (χ3v) is 5.41. The molecule has 4 rings (SSSR count). The largest absolute Gasteiger partial charge is 0.344 e. The van der Waals surface area contributed by atoms with Gasteiger partial charge in [0.15, 0.2) is 5.82 Å². The van der Waals surface area contributed by atoms with E-state index in [2.05, 4.69) is 31.1 Å². The van der Waals surface area contributed by atoms with Crippen LogP contribution in [0.15, 0.2) is 60.7 Å². The minimum Gasteiger partial charge on any atom is -0.344 e. The molecule has 4 aromatic rings. The van der Waals surface area contributed by atoms with E-state index in [0.29, 0.717) is 5.82 Å². The Morgan fingerprint density at radius 1 is 0.839 bits per heavy atom. The number of tetrazole rings is 2. The zero-order chi connectivity index (χ0) is 21.8. The molecular formula is C21H23N8O2. The van der Waals surface area contributed by atoms with Crippen molar-refractivity contribution in [3.05, 3.63) is 83.4 Å². The molecule has 0 aliphatic rings. The number of hydrogen-bond acceptors (Lipinski definition) is 7. The minimum absolute atomic E-state index is 0.0632. The lowest BCUT2D eigenvalue weighted by molar-refractivity contribution is -0.243. The summed E-state index contributed by atoms with van der Waals surface area (Å²) in [7, 11) is 1.34.